The van der Waals surface area contributed by atoms with Crippen molar-refractivity contribution in [3.05, 3.63) is 18.2 Å². The van der Waals surface area contributed by atoms with E-state index in [2.05, 4.69) is 10.0 Å². The Balaban J connectivity index is 1.94. The summed E-state index contributed by atoms with van der Waals surface area (Å²) in [5.74, 6) is 0.421. The molecule has 0 saturated heterocycles. The van der Waals surface area contributed by atoms with E-state index in [-0.39, 0.29) is 18.2 Å². The van der Waals surface area contributed by atoms with E-state index in [1.54, 1.807) is 0 Å². The quantitative estimate of drug-likeness (QED) is 0.655. The lowest BCUT2D eigenvalue weighted by Gasteiger charge is -2.08. The number of carbonyl (C=O) groups excluding carboxylic acids is 1. The summed E-state index contributed by atoms with van der Waals surface area (Å²) in [6.07, 6.45) is 0. The molecule has 1 heterocycles. The Bertz CT molecular complexity index is 616. The van der Waals surface area contributed by atoms with E-state index in [1.807, 2.05) is 0 Å². The van der Waals surface area contributed by atoms with Gasteiger partial charge in [-0.2, -0.15) is 0 Å². The molecular weight excluding hydrogens is 300 g/mol. The zero-order chi connectivity index (χ0) is 15.3. The zero-order valence-corrected chi connectivity index (χ0v) is 12.2. The van der Waals surface area contributed by atoms with Crippen molar-refractivity contribution >= 4 is 15.9 Å². The van der Waals surface area contributed by atoms with Crippen LogP contribution in [0, 0.1) is 0 Å². The van der Waals surface area contributed by atoms with Crippen LogP contribution < -0.4 is 19.5 Å². The monoisotopic (exact) mass is 316 g/mol. The molecule has 116 valence electrons. The van der Waals surface area contributed by atoms with Crippen molar-refractivity contribution in [3.8, 4) is 11.5 Å². The minimum atomic E-state index is -3.79. The van der Waals surface area contributed by atoms with Gasteiger partial charge in [0.25, 0.3) is 0 Å². The standard InChI is InChI=1S/C12H16N2O6S/c1-18-5-4-13-12(15)7-14-21(16,17)9-2-3-10-11(6-9)20-8-19-10/h2-3,6,14H,4-5,7-8H2,1H3,(H,13,15). The lowest BCUT2D eigenvalue weighted by atomic mass is 10.3. The average molecular weight is 316 g/mol. The van der Waals surface area contributed by atoms with Gasteiger partial charge in [-0.3, -0.25) is 4.79 Å². The van der Waals surface area contributed by atoms with Gasteiger partial charge in [0, 0.05) is 19.7 Å². The first-order valence-electron chi connectivity index (χ1n) is 6.18. The van der Waals surface area contributed by atoms with Crippen LogP contribution in [0.1, 0.15) is 0 Å². The molecule has 2 rings (SSSR count). The van der Waals surface area contributed by atoms with Gasteiger partial charge in [0.2, 0.25) is 22.7 Å². The zero-order valence-electron chi connectivity index (χ0n) is 11.4. The minimum Gasteiger partial charge on any atom is -0.454 e. The SMILES string of the molecule is COCCNC(=O)CNS(=O)(=O)c1ccc2c(c1)OCO2. The topological polar surface area (TPSA) is 103 Å². The van der Waals surface area contributed by atoms with Gasteiger partial charge in [0.15, 0.2) is 11.5 Å². The second-order valence-electron chi connectivity index (χ2n) is 4.18. The number of rotatable bonds is 7. The first-order valence-corrected chi connectivity index (χ1v) is 7.66. The van der Waals surface area contributed by atoms with Gasteiger partial charge in [-0.1, -0.05) is 0 Å². The van der Waals surface area contributed by atoms with Crippen LogP contribution in [-0.4, -0.2) is 47.9 Å². The third kappa shape index (κ3) is 4.06. The van der Waals surface area contributed by atoms with Gasteiger partial charge in [0.1, 0.15) is 0 Å². The molecule has 0 spiro atoms. The largest absolute Gasteiger partial charge is 0.454 e. The summed E-state index contributed by atoms with van der Waals surface area (Å²) in [6.45, 7) is 0.399. The van der Waals surface area contributed by atoms with E-state index in [0.29, 0.717) is 24.7 Å². The molecule has 0 aliphatic carbocycles. The normalized spacial score (nSPS) is 13.2. The number of sulfonamides is 1. The van der Waals surface area contributed by atoms with Crippen LogP contribution in [0.5, 0.6) is 11.5 Å². The van der Waals surface area contributed by atoms with Gasteiger partial charge < -0.3 is 19.5 Å². The fourth-order valence-electron chi connectivity index (χ4n) is 1.64. The average Bonchev–Trinajstić information content (AvgIpc) is 2.93. The Morgan fingerprint density at radius 1 is 1.33 bits per heavy atom. The van der Waals surface area contributed by atoms with Crippen molar-refractivity contribution in [1.82, 2.24) is 10.0 Å². The molecule has 0 saturated carbocycles. The maximum Gasteiger partial charge on any atom is 0.241 e. The molecule has 0 fully saturated rings. The molecule has 1 aromatic carbocycles. The Morgan fingerprint density at radius 3 is 2.86 bits per heavy atom. The summed E-state index contributed by atoms with van der Waals surface area (Å²) in [7, 11) is -2.28. The molecule has 0 aromatic heterocycles. The molecule has 1 amide bonds. The maximum atomic E-state index is 12.1. The molecule has 21 heavy (non-hydrogen) atoms. The van der Waals surface area contributed by atoms with Crippen molar-refractivity contribution in [2.45, 2.75) is 4.90 Å². The molecule has 8 nitrogen and oxygen atoms in total. The van der Waals surface area contributed by atoms with Crippen molar-refractivity contribution < 1.29 is 27.4 Å². The molecule has 9 heteroatoms. The maximum absolute atomic E-state index is 12.1. The van der Waals surface area contributed by atoms with Crippen molar-refractivity contribution in [2.75, 3.05) is 33.6 Å². The van der Waals surface area contributed by atoms with Crippen LogP contribution in [0.2, 0.25) is 0 Å². The molecule has 1 aromatic rings. The summed E-state index contributed by atoms with van der Waals surface area (Å²) in [5.41, 5.74) is 0. The number of benzene rings is 1. The number of carbonyl (C=O) groups is 1. The lowest BCUT2D eigenvalue weighted by molar-refractivity contribution is -0.120. The Hall–Kier alpha value is -1.84. The van der Waals surface area contributed by atoms with Crippen LogP contribution in [-0.2, 0) is 19.6 Å². The number of hydrogen-bond donors (Lipinski definition) is 2. The van der Waals surface area contributed by atoms with Crippen molar-refractivity contribution in [2.24, 2.45) is 0 Å². The predicted octanol–water partition coefficient (Wildman–Crippen LogP) is -0.544. The van der Waals surface area contributed by atoms with Gasteiger partial charge in [-0.25, -0.2) is 13.1 Å². The summed E-state index contributed by atoms with van der Waals surface area (Å²) in [5, 5.41) is 2.51. The van der Waals surface area contributed by atoms with Gasteiger partial charge >= 0.3 is 0 Å². The van der Waals surface area contributed by atoms with Gasteiger partial charge in [0.05, 0.1) is 18.0 Å². The van der Waals surface area contributed by atoms with Crippen LogP contribution in [0.3, 0.4) is 0 Å². The number of fused-ring (bicyclic) bond motifs is 1. The van der Waals surface area contributed by atoms with Crippen LogP contribution >= 0.6 is 0 Å². The highest BCUT2D eigenvalue weighted by Gasteiger charge is 2.20. The third-order valence-electron chi connectivity index (χ3n) is 2.71. The van der Waals surface area contributed by atoms with Crippen molar-refractivity contribution in [1.29, 1.82) is 0 Å². The van der Waals surface area contributed by atoms with Gasteiger partial charge in [-0.15, -0.1) is 0 Å². The highest BCUT2D eigenvalue weighted by Crippen LogP contribution is 2.33. The second-order valence-corrected chi connectivity index (χ2v) is 5.95. The Morgan fingerprint density at radius 2 is 2.10 bits per heavy atom. The first-order chi connectivity index (χ1) is 10.0. The lowest BCUT2D eigenvalue weighted by Crippen LogP contribution is -2.38. The minimum absolute atomic E-state index is 0.0106. The molecular formula is C12H16N2O6S. The highest BCUT2D eigenvalue weighted by molar-refractivity contribution is 7.89. The highest BCUT2D eigenvalue weighted by atomic mass is 32.2. The van der Waals surface area contributed by atoms with Gasteiger partial charge in [-0.05, 0) is 12.1 Å². The molecule has 0 atom stereocenters. The van der Waals surface area contributed by atoms with E-state index in [4.69, 9.17) is 14.2 Å². The van der Waals surface area contributed by atoms with Crippen molar-refractivity contribution in [3.63, 3.8) is 0 Å². The molecule has 2 N–H and O–H groups in total. The predicted molar refractivity (Wildman–Crippen MR) is 72.6 cm³/mol. The van der Waals surface area contributed by atoms with E-state index >= 15 is 0 Å². The smallest absolute Gasteiger partial charge is 0.241 e. The van der Waals surface area contributed by atoms with Crippen LogP contribution in [0.15, 0.2) is 23.1 Å². The van der Waals surface area contributed by atoms with E-state index in [0.717, 1.165) is 0 Å². The molecule has 1 aliphatic rings. The number of nitrogens with one attached hydrogen (secondary N) is 2. The number of hydrogen-bond acceptors (Lipinski definition) is 6. The van der Waals surface area contributed by atoms with E-state index in [9.17, 15) is 13.2 Å². The summed E-state index contributed by atoms with van der Waals surface area (Å²) in [4.78, 5) is 11.5. The second kappa shape index (κ2) is 6.74. The number of amides is 1. The van der Waals surface area contributed by atoms with Crippen LogP contribution in [0.25, 0.3) is 0 Å². The number of methoxy groups -OCH3 is 1. The molecule has 0 radical (unpaired) electrons. The van der Waals surface area contributed by atoms with Crippen LogP contribution in [0.4, 0.5) is 0 Å². The van der Waals surface area contributed by atoms with E-state index in [1.165, 1.54) is 25.3 Å². The summed E-state index contributed by atoms with van der Waals surface area (Å²) < 4.78 is 41.3. The fraction of sp³-hybridized carbons (Fsp3) is 0.417. The fourth-order valence-corrected chi connectivity index (χ4v) is 2.64. The summed E-state index contributed by atoms with van der Waals surface area (Å²) in [6, 6.07) is 4.25. The third-order valence-corrected chi connectivity index (χ3v) is 4.10. The molecule has 0 unspecified atom stereocenters. The van der Waals surface area contributed by atoms with E-state index < -0.39 is 15.9 Å². The number of ether oxygens (including phenoxy) is 3. The summed E-state index contributed by atoms with van der Waals surface area (Å²) >= 11 is 0. The Labute approximate surface area is 122 Å². The Kier molecular flexibility index (Phi) is 4.99. The molecule has 0 bridgehead atoms. The first kappa shape index (κ1) is 15.5. The molecule has 1 aliphatic heterocycles.